The molecule has 5 nitrogen and oxygen atoms in total. The van der Waals surface area contributed by atoms with Crippen molar-refractivity contribution >= 4 is 28.1 Å². The van der Waals surface area contributed by atoms with Crippen molar-refractivity contribution < 1.29 is 9.53 Å². The summed E-state index contributed by atoms with van der Waals surface area (Å²) in [6.07, 6.45) is 2.56. The Morgan fingerprint density at radius 3 is 2.66 bits per heavy atom. The fraction of sp³-hybridized carbons (Fsp3) is 0.174. The highest BCUT2D eigenvalue weighted by molar-refractivity contribution is 7.15. The molecule has 1 N–H and O–H groups in total. The predicted molar refractivity (Wildman–Crippen MR) is 117 cm³/mol. The Morgan fingerprint density at radius 2 is 1.93 bits per heavy atom. The lowest BCUT2D eigenvalue weighted by molar-refractivity contribution is 0.0955. The second kappa shape index (κ2) is 8.41. The molecule has 2 aromatic heterocycles. The zero-order valence-electron chi connectivity index (χ0n) is 16.3. The van der Waals surface area contributed by atoms with Gasteiger partial charge in [0.25, 0.3) is 5.91 Å². The normalized spacial score (nSPS) is 10.8. The molecule has 0 radical (unpaired) electrons. The van der Waals surface area contributed by atoms with Crippen LogP contribution in [0.3, 0.4) is 0 Å². The van der Waals surface area contributed by atoms with Crippen molar-refractivity contribution in [3.05, 3.63) is 76.9 Å². The van der Waals surface area contributed by atoms with Crippen molar-refractivity contribution in [2.45, 2.75) is 13.3 Å². The van der Waals surface area contributed by atoms with Crippen molar-refractivity contribution in [3.8, 4) is 16.3 Å². The van der Waals surface area contributed by atoms with Gasteiger partial charge in [-0.15, -0.1) is 11.3 Å². The fourth-order valence-corrected chi connectivity index (χ4v) is 3.92. The number of ether oxygens (including phenoxy) is 1. The molecule has 0 atom stereocenters. The number of aromatic nitrogens is 2. The highest BCUT2D eigenvalue weighted by Gasteiger charge is 2.14. The first-order valence-electron chi connectivity index (χ1n) is 9.38. The van der Waals surface area contributed by atoms with Crippen LogP contribution in [0.1, 0.15) is 20.9 Å². The maximum absolute atomic E-state index is 13.0. The van der Waals surface area contributed by atoms with Gasteiger partial charge >= 0.3 is 0 Å². The number of carbonyl (C=O) groups excluding carboxylic acids is 1. The molecule has 2 aromatic carbocycles. The highest BCUT2D eigenvalue weighted by atomic mass is 32.1. The van der Waals surface area contributed by atoms with Gasteiger partial charge in [-0.25, -0.2) is 9.97 Å². The number of pyridine rings is 1. The lowest BCUT2D eigenvalue weighted by Crippen LogP contribution is -2.26. The highest BCUT2D eigenvalue weighted by Crippen LogP contribution is 2.28. The quantitative estimate of drug-likeness (QED) is 0.509. The molecule has 2 heterocycles. The largest absolute Gasteiger partial charge is 0.497 e. The van der Waals surface area contributed by atoms with Gasteiger partial charge in [-0.2, -0.15) is 0 Å². The van der Waals surface area contributed by atoms with E-state index in [4.69, 9.17) is 9.72 Å². The van der Waals surface area contributed by atoms with Gasteiger partial charge in [0.2, 0.25) is 0 Å². The van der Waals surface area contributed by atoms with Gasteiger partial charge < -0.3 is 10.1 Å². The van der Waals surface area contributed by atoms with Crippen molar-refractivity contribution in [1.82, 2.24) is 15.3 Å². The minimum absolute atomic E-state index is 0.0976. The van der Waals surface area contributed by atoms with Crippen molar-refractivity contribution in [2.24, 2.45) is 0 Å². The number of amides is 1. The first-order valence-corrected chi connectivity index (χ1v) is 10.2. The summed E-state index contributed by atoms with van der Waals surface area (Å²) in [5, 5.41) is 4.86. The van der Waals surface area contributed by atoms with Crippen LogP contribution in [-0.4, -0.2) is 29.5 Å². The molecule has 0 saturated carbocycles. The van der Waals surface area contributed by atoms with Crippen LogP contribution in [0, 0.1) is 6.92 Å². The van der Waals surface area contributed by atoms with Crippen molar-refractivity contribution in [2.75, 3.05) is 13.7 Å². The molecule has 146 valence electrons. The van der Waals surface area contributed by atoms with Crippen LogP contribution in [0.15, 0.2) is 60.8 Å². The molecule has 0 aliphatic rings. The van der Waals surface area contributed by atoms with Gasteiger partial charge in [-0.1, -0.05) is 30.3 Å². The molecule has 4 aromatic rings. The van der Waals surface area contributed by atoms with E-state index in [9.17, 15) is 4.79 Å². The maximum atomic E-state index is 13.0. The summed E-state index contributed by atoms with van der Waals surface area (Å²) >= 11 is 1.57. The lowest BCUT2D eigenvalue weighted by Gasteiger charge is -2.10. The molecular formula is C23H21N3O2S. The molecule has 0 fully saturated rings. The van der Waals surface area contributed by atoms with E-state index in [0.717, 1.165) is 44.2 Å². The Bertz CT molecular complexity index is 1150. The van der Waals surface area contributed by atoms with Crippen LogP contribution in [0.25, 0.3) is 21.5 Å². The summed E-state index contributed by atoms with van der Waals surface area (Å²) in [5.74, 6) is 0.728. The molecular weight excluding hydrogens is 382 g/mol. The Balaban J connectivity index is 1.55. The second-order valence-electron chi connectivity index (χ2n) is 6.67. The van der Waals surface area contributed by atoms with Crippen molar-refractivity contribution in [3.63, 3.8) is 0 Å². The molecule has 1 amide bonds. The molecule has 0 aliphatic carbocycles. The molecule has 29 heavy (non-hydrogen) atoms. The summed E-state index contributed by atoms with van der Waals surface area (Å²) in [4.78, 5) is 23.0. The first-order chi connectivity index (χ1) is 14.1. The van der Waals surface area contributed by atoms with E-state index in [1.165, 1.54) is 0 Å². The van der Waals surface area contributed by atoms with Crippen LogP contribution in [0.2, 0.25) is 0 Å². The first kappa shape index (κ1) is 19.1. The van der Waals surface area contributed by atoms with E-state index in [2.05, 4.69) is 10.3 Å². The summed E-state index contributed by atoms with van der Waals surface area (Å²) in [7, 11) is 1.65. The second-order valence-corrected chi connectivity index (χ2v) is 7.90. The number of nitrogens with zero attached hydrogens (tertiary/aromatic N) is 2. The maximum Gasteiger partial charge on any atom is 0.252 e. The summed E-state index contributed by atoms with van der Waals surface area (Å²) in [6.45, 7) is 2.51. The molecule has 0 bridgehead atoms. The third-order valence-electron chi connectivity index (χ3n) is 4.69. The van der Waals surface area contributed by atoms with E-state index in [-0.39, 0.29) is 5.91 Å². The Kier molecular flexibility index (Phi) is 5.53. The molecule has 0 saturated heterocycles. The number of nitrogens with one attached hydrogen (secondary N) is 1. The molecule has 0 unspecified atom stereocenters. The van der Waals surface area contributed by atoms with Crippen LogP contribution < -0.4 is 10.1 Å². The summed E-state index contributed by atoms with van der Waals surface area (Å²) in [5.41, 5.74) is 3.35. The Hall–Kier alpha value is -3.25. The lowest BCUT2D eigenvalue weighted by atomic mass is 10.1. The topological polar surface area (TPSA) is 64.1 Å². The van der Waals surface area contributed by atoms with Gasteiger partial charge in [-0.3, -0.25) is 4.79 Å². The van der Waals surface area contributed by atoms with Gasteiger partial charge in [0.05, 0.1) is 33.8 Å². The SMILES string of the molecule is COc1ccc(CCNC(=O)c2cc(-c3cnc(C)s3)nc3ccccc23)cc1. The zero-order valence-corrected chi connectivity index (χ0v) is 17.1. The number of benzene rings is 2. The number of rotatable bonds is 6. The number of hydrogen-bond donors (Lipinski definition) is 1. The fourth-order valence-electron chi connectivity index (χ4n) is 3.18. The number of fused-ring (bicyclic) bond motifs is 1. The smallest absolute Gasteiger partial charge is 0.252 e. The molecule has 6 heteroatoms. The average Bonchev–Trinajstić information content (AvgIpc) is 3.19. The predicted octanol–water partition coefficient (Wildman–Crippen LogP) is 4.65. The third kappa shape index (κ3) is 4.27. The number of para-hydroxylation sites is 1. The standard InChI is InChI=1S/C23H21N3O2S/c1-15-25-14-22(29-15)21-13-19(18-5-3-4-6-20(18)26-21)23(27)24-12-11-16-7-9-17(28-2)10-8-16/h3-10,13-14H,11-12H2,1-2H3,(H,24,27). The Labute approximate surface area is 173 Å². The average molecular weight is 404 g/mol. The van der Waals surface area contributed by atoms with E-state index < -0.39 is 0 Å². The van der Waals surface area contributed by atoms with Crippen LogP contribution in [-0.2, 0) is 6.42 Å². The summed E-state index contributed by atoms with van der Waals surface area (Å²) in [6, 6.07) is 17.5. The van der Waals surface area contributed by atoms with Crippen LogP contribution >= 0.6 is 11.3 Å². The number of carbonyl (C=O) groups is 1. The van der Waals surface area contributed by atoms with E-state index in [0.29, 0.717) is 12.1 Å². The molecule has 0 spiro atoms. The monoisotopic (exact) mass is 403 g/mol. The third-order valence-corrected chi connectivity index (χ3v) is 5.63. The number of methoxy groups -OCH3 is 1. The number of thiazole rings is 1. The number of hydrogen-bond acceptors (Lipinski definition) is 5. The van der Waals surface area contributed by atoms with Gasteiger partial charge in [0, 0.05) is 18.1 Å². The van der Waals surface area contributed by atoms with Gasteiger partial charge in [0.1, 0.15) is 5.75 Å². The van der Waals surface area contributed by atoms with Crippen molar-refractivity contribution in [1.29, 1.82) is 0 Å². The van der Waals surface area contributed by atoms with E-state index in [1.807, 2.05) is 67.7 Å². The molecule has 0 aliphatic heterocycles. The molecule has 4 rings (SSSR count). The van der Waals surface area contributed by atoms with Gasteiger partial charge in [-0.05, 0) is 43.2 Å². The Morgan fingerprint density at radius 1 is 1.14 bits per heavy atom. The minimum Gasteiger partial charge on any atom is -0.497 e. The van der Waals surface area contributed by atoms with Gasteiger partial charge in [0.15, 0.2) is 0 Å². The van der Waals surface area contributed by atoms with Crippen LogP contribution in [0.5, 0.6) is 5.75 Å². The zero-order chi connectivity index (χ0) is 20.2. The van der Waals surface area contributed by atoms with E-state index >= 15 is 0 Å². The summed E-state index contributed by atoms with van der Waals surface area (Å²) < 4.78 is 5.18. The number of aryl methyl sites for hydroxylation is 1. The van der Waals surface area contributed by atoms with Crippen LogP contribution in [0.4, 0.5) is 0 Å². The van der Waals surface area contributed by atoms with E-state index in [1.54, 1.807) is 18.4 Å². The minimum atomic E-state index is -0.0976.